The number of carbonyl (C=O) groups is 1. The number of rotatable bonds is 7. The van der Waals surface area contributed by atoms with Crippen LogP contribution in [0.1, 0.15) is 17.0 Å². The Hall–Kier alpha value is -0.900. The van der Waals surface area contributed by atoms with E-state index in [0.717, 1.165) is 12.6 Å². The monoisotopic (exact) mass is 354 g/mol. The summed E-state index contributed by atoms with van der Waals surface area (Å²) >= 11 is 2.90. The van der Waals surface area contributed by atoms with E-state index < -0.39 is 21.8 Å². The highest BCUT2D eigenvalue weighted by Crippen LogP contribution is 2.25. The minimum absolute atomic E-state index is 0.120. The van der Waals surface area contributed by atoms with Crippen molar-refractivity contribution in [1.82, 2.24) is 9.62 Å². The molecule has 0 saturated heterocycles. The molecule has 0 atom stereocenters. The van der Waals surface area contributed by atoms with E-state index in [0.29, 0.717) is 6.42 Å². The van der Waals surface area contributed by atoms with Crippen molar-refractivity contribution in [2.75, 3.05) is 27.2 Å². The molecule has 2 N–H and O–H groups in total. The zero-order valence-electron chi connectivity index (χ0n) is 10.5. The minimum atomic E-state index is -3.77. The molecule has 0 aromatic carbocycles. The van der Waals surface area contributed by atoms with Crippen molar-refractivity contribution in [3.8, 4) is 0 Å². The van der Waals surface area contributed by atoms with E-state index in [1.807, 2.05) is 19.0 Å². The number of hydrogen-bond acceptors (Lipinski definition) is 5. The molecule has 0 saturated carbocycles. The number of aromatic carboxylic acids is 1. The van der Waals surface area contributed by atoms with Crippen LogP contribution in [0, 0.1) is 0 Å². The quantitative estimate of drug-likeness (QED) is 0.707. The first kappa shape index (κ1) is 16.2. The lowest BCUT2D eigenvalue weighted by Crippen LogP contribution is -2.27. The largest absolute Gasteiger partial charge is 0.475 e. The molecular formula is C10H15BrN2O5S. The molecule has 0 aliphatic rings. The van der Waals surface area contributed by atoms with Gasteiger partial charge in [0.1, 0.15) is 4.90 Å². The van der Waals surface area contributed by atoms with Gasteiger partial charge in [0.2, 0.25) is 15.8 Å². The fourth-order valence-corrected chi connectivity index (χ4v) is 3.33. The van der Waals surface area contributed by atoms with E-state index in [9.17, 15) is 13.2 Å². The van der Waals surface area contributed by atoms with Crippen LogP contribution >= 0.6 is 15.9 Å². The molecule has 1 aromatic rings. The summed E-state index contributed by atoms with van der Waals surface area (Å²) in [4.78, 5) is 12.4. The average Bonchev–Trinajstić information content (AvgIpc) is 2.67. The second-order valence-electron chi connectivity index (χ2n) is 4.11. The smallest absolute Gasteiger partial charge is 0.371 e. The van der Waals surface area contributed by atoms with Crippen molar-refractivity contribution >= 4 is 31.9 Å². The Morgan fingerprint density at radius 1 is 1.53 bits per heavy atom. The minimum Gasteiger partial charge on any atom is -0.475 e. The van der Waals surface area contributed by atoms with Gasteiger partial charge in [-0.05, 0) is 43.0 Å². The second kappa shape index (κ2) is 6.51. The van der Waals surface area contributed by atoms with E-state index in [4.69, 9.17) is 9.52 Å². The molecule has 0 aliphatic carbocycles. The van der Waals surface area contributed by atoms with Crippen LogP contribution in [0.4, 0.5) is 0 Å². The third-order valence-corrected chi connectivity index (χ3v) is 4.55. The molecule has 0 fully saturated rings. The first-order valence-electron chi connectivity index (χ1n) is 5.41. The standard InChI is InChI=1S/C10H15BrN2O5S/c1-13(2)5-3-4-12-19(16,17)8-6-7(10(14)15)18-9(8)11/h6,12H,3-5H2,1-2H3,(H,14,15). The maximum atomic E-state index is 11.9. The van der Waals surface area contributed by atoms with Crippen molar-refractivity contribution in [3.63, 3.8) is 0 Å². The zero-order valence-corrected chi connectivity index (χ0v) is 12.9. The van der Waals surface area contributed by atoms with Gasteiger partial charge in [0, 0.05) is 12.6 Å². The van der Waals surface area contributed by atoms with Crippen molar-refractivity contribution in [2.24, 2.45) is 0 Å². The number of halogens is 1. The van der Waals surface area contributed by atoms with Gasteiger partial charge in [-0.2, -0.15) is 0 Å². The number of nitrogens with zero attached hydrogens (tertiary/aromatic N) is 1. The molecule has 0 radical (unpaired) electrons. The third kappa shape index (κ3) is 4.60. The first-order valence-corrected chi connectivity index (χ1v) is 7.68. The molecule has 0 bridgehead atoms. The fraction of sp³-hybridized carbons (Fsp3) is 0.500. The highest BCUT2D eigenvalue weighted by atomic mass is 79.9. The lowest BCUT2D eigenvalue weighted by Gasteiger charge is -2.09. The Balaban J connectivity index is 2.75. The summed E-state index contributed by atoms with van der Waals surface area (Å²) in [5.41, 5.74) is 0. The van der Waals surface area contributed by atoms with E-state index >= 15 is 0 Å². The van der Waals surface area contributed by atoms with Crippen LogP contribution in [-0.4, -0.2) is 51.6 Å². The summed E-state index contributed by atoms with van der Waals surface area (Å²) in [7, 11) is 0.00432. The highest BCUT2D eigenvalue weighted by molar-refractivity contribution is 9.10. The van der Waals surface area contributed by atoms with Gasteiger partial charge in [0.05, 0.1) is 0 Å². The average molecular weight is 355 g/mol. The second-order valence-corrected chi connectivity index (χ2v) is 6.56. The molecule has 0 spiro atoms. The number of carboxylic acids is 1. The summed E-state index contributed by atoms with van der Waals surface area (Å²) in [5, 5.41) is 8.73. The van der Waals surface area contributed by atoms with Crippen LogP contribution in [0.25, 0.3) is 0 Å². The van der Waals surface area contributed by atoms with Crippen LogP contribution in [-0.2, 0) is 10.0 Å². The lowest BCUT2D eigenvalue weighted by atomic mass is 10.4. The van der Waals surface area contributed by atoms with Gasteiger partial charge in [0.15, 0.2) is 4.67 Å². The molecule has 1 aromatic heterocycles. The molecule has 7 nitrogen and oxygen atoms in total. The van der Waals surface area contributed by atoms with Gasteiger partial charge < -0.3 is 14.4 Å². The Bertz CT molecular complexity index is 552. The van der Waals surface area contributed by atoms with Crippen molar-refractivity contribution in [1.29, 1.82) is 0 Å². The van der Waals surface area contributed by atoms with Gasteiger partial charge >= 0.3 is 5.97 Å². The van der Waals surface area contributed by atoms with Gasteiger partial charge in [-0.25, -0.2) is 17.9 Å². The summed E-state index contributed by atoms with van der Waals surface area (Å²) < 4.78 is 30.9. The summed E-state index contributed by atoms with van der Waals surface area (Å²) in [6.07, 6.45) is 0.646. The predicted molar refractivity (Wildman–Crippen MR) is 71.7 cm³/mol. The Morgan fingerprint density at radius 3 is 2.63 bits per heavy atom. The van der Waals surface area contributed by atoms with Crippen LogP contribution in [0.2, 0.25) is 0 Å². The normalized spacial score (nSPS) is 12.0. The number of furan rings is 1. The molecule has 1 rings (SSSR count). The van der Waals surface area contributed by atoms with Crippen molar-refractivity contribution in [3.05, 3.63) is 16.5 Å². The fourth-order valence-electron chi connectivity index (χ4n) is 1.32. The SMILES string of the molecule is CN(C)CCCNS(=O)(=O)c1cc(C(=O)O)oc1Br. The molecule has 0 unspecified atom stereocenters. The van der Waals surface area contributed by atoms with Crippen LogP contribution < -0.4 is 4.72 Å². The number of carboxylic acid groups (broad SMARTS) is 1. The van der Waals surface area contributed by atoms with Crippen molar-refractivity contribution < 1.29 is 22.7 Å². The molecule has 1 heterocycles. The first-order chi connectivity index (χ1) is 8.74. The Labute approximate surface area is 119 Å². The molecule has 108 valence electrons. The summed E-state index contributed by atoms with van der Waals surface area (Å²) in [6.45, 7) is 1.01. The van der Waals surface area contributed by atoms with E-state index in [1.54, 1.807) is 0 Å². The van der Waals surface area contributed by atoms with Crippen LogP contribution in [0.15, 0.2) is 20.0 Å². The molecule has 9 heteroatoms. The predicted octanol–water partition coefficient (Wildman–Crippen LogP) is 0.970. The third-order valence-electron chi connectivity index (χ3n) is 2.23. The zero-order chi connectivity index (χ0) is 14.6. The molecule has 0 amide bonds. The van der Waals surface area contributed by atoms with Crippen LogP contribution in [0.3, 0.4) is 0 Å². The maximum absolute atomic E-state index is 11.9. The Morgan fingerprint density at radius 2 is 2.16 bits per heavy atom. The van der Waals surface area contributed by atoms with E-state index in [-0.39, 0.29) is 16.1 Å². The van der Waals surface area contributed by atoms with Crippen LogP contribution in [0.5, 0.6) is 0 Å². The summed E-state index contributed by atoms with van der Waals surface area (Å²) in [6, 6.07) is 0.973. The Kier molecular flexibility index (Phi) is 5.53. The van der Waals surface area contributed by atoms with Gasteiger partial charge in [-0.3, -0.25) is 0 Å². The number of hydrogen-bond donors (Lipinski definition) is 2. The van der Waals surface area contributed by atoms with Gasteiger partial charge in [-0.15, -0.1) is 0 Å². The lowest BCUT2D eigenvalue weighted by molar-refractivity contribution is 0.0661. The van der Waals surface area contributed by atoms with Crippen molar-refractivity contribution in [2.45, 2.75) is 11.3 Å². The van der Waals surface area contributed by atoms with E-state index in [2.05, 4.69) is 20.7 Å². The van der Waals surface area contributed by atoms with Gasteiger partial charge in [0.25, 0.3) is 0 Å². The molecular weight excluding hydrogens is 340 g/mol. The topological polar surface area (TPSA) is 99.9 Å². The maximum Gasteiger partial charge on any atom is 0.371 e. The summed E-state index contributed by atoms with van der Waals surface area (Å²) in [5.74, 6) is -1.75. The molecule has 0 aliphatic heterocycles. The number of sulfonamides is 1. The number of nitrogens with one attached hydrogen (secondary N) is 1. The van der Waals surface area contributed by atoms with Gasteiger partial charge in [-0.1, -0.05) is 0 Å². The highest BCUT2D eigenvalue weighted by Gasteiger charge is 2.24. The van der Waals surface area contributed by atoms with E-state index in [1.165, 1.54) is 0 Å². The molecule has 19 heavy (non-hydrogen) atoms.